The molecule has 0 bridgehead atoms. The number of ether oxygens (including phenoxy) is 2. The lowest BCUT2D eigenvalue weighted by atomic mass is 9.64. The largest absolute Gasteiger partial charge is 0.500 e. The Kier molecular flexibility index (Phi) is 7.87. The lowest BCUT2D eigenvalue weighted by Gasteiger charge is -2.48. The van der Waals surface area contributed by atoms with Crippen molar-refractivity contribution in [2.24, 2.45) is 5.41 Å². The van der Waals surface area contributed by atoms with Crippen molar-refractivity contribution in [3.05, 3.63) is 22.5 Å². The van der Waals surface area contributed by atoms with Crippen LogP contribution in [0.25, 0.3) is 0 Å². The van der Waals surface area contributed by atoms with Gasteiger partial charge < -0.3 is 29.0 Å². The van der Waals surface area contributed by atoms with Crippen molar-refractivity contribution in [3.8, 4) is 0 Å². The van der Waals surface area contributed by atoms with Crippen LogP contribution in [-0.2, 0) is 22.9 Å². The molecule has 0 spiro atoms. The predicted octanol–water partition coefficient (Wildman–Crippen LogP) is 2.88. The SMILES string of the molecule is COC1=C(C)C(C)=C(C)C(C)(OC)C1(C)C.O=P(O)(O)OP(=O)(O)O. The van der Waals surface area contributed by atoms with E-state index >= 15 is 0 Å². The first kappa shape index (κ1) is 24.5. The van der Waals surface area contributed by atoms with Crippen LogP contribution in [0.2, 0.25) is 0 Å². The third-order valence-electron chi connectivity index (χ3n) is 4.77. The van der Waals surface area contributed by atoms with E-state index in [4.69, 9.17) is 29.0 Å². The van der Waals surface area contributed by atoms with Crippen molar-refractivity contribution in [3.63, 3.8) is 0 Å². The molecule has 0 aliphatic heterocycles. The fourth-order valence-corrected chi connectivity index (χ4v) is 4.03. The molecule has 0 heterocycles. The average Bonchev–Trinajstić information content (AvgIpc) is 2.40. The van der Waals surface area contributed by atoms with E-state index in [1.807, 2.05) is 0 Å². The molecule has 9 nitrogen and oxygen atoms in total. The van der Waals surface area contributed by atoms with Gasteiger partial charge in [-0.05, 0) is 58.3 Å². The van der Waals surface area contributed by atoms with Gasteiger partial charge in [-0.2, -0.15) is 4.31 Å². The van der Waals surface area contributed by atoms with E-state index in [1.54, 1.807) is 14.2 Å². The van der Waals surface area contributed by atoms with Gasteiger partial charge >= 0.3 is 15.6 Å². The summed E-state index contributed by atoms with van der Waals surface area (Å²) in [4.78, 5) is 31.0. The van der Waals surface area contributed by atoms with E-state index in [9.17, 15) is 9.13 Å². The zero-order valence-electron chi connectivity index (χ0n) is 15.7. The fourth-order valence-electron chi connectivity index (χ4n) is 2.92. The van der Waals surface area contributed by atoms with Gasteiger partial charge in [-0.3, -0.25) is 0 Å². The van der Waals surface area contributed by atoms with Crippen LogP contribution >= 0.6 is 15.6 Å². The minimum absolute atomic E-state index is 0.149. The van der Waals surface area contributed by atoms with Crippen molar-refractivity contribution >= 4 is 15.6 Å². The minimum atomic E-state index is -5.05. The van der Waals surface area contributed by atoms with Crippen LogP contribution in [0.3, 0.4) is 0 Å². The summed E-state index contributed by atoms with van der Waals surface area (Å²) in [6.07, 6.45) is 0. The summed E-state index contributed by atoms with van der Waals surface area (Å²) in [6, 6.07) is 0. The fraction of sp³-hybridized carbons (Fsp3) is 0.714. The zero-order valence-corrected chi connectivity index (χ0v) is 17.5. The molecule has 0 amide bonds. The summed E-state index contributed by atoms with van der Waals surface area (Å²) in [5.41, 5.74) is 3.35. The van der Waals surface area contributed by atoms with E-state index in [1.165, 1.54) is 16.7 Å². The quantitative estimate of drug-likeness (QED) is 0.522. The number of hydrogen-bond donors (Lipinski definition) is 4. The number of phosphoric acid groups is 2. The molecule has 1 aliphatic carbocycles. The molecule has 0 saturated heterocycles. The van der Waals surface area contributed by atoms with Crippen molar-refractivity contribution < 1.29 is 42.5 Å². The Morgan fingerprint density at radius 3 is 1.48 bits per heavy atom. The van der Waals surface area contributed by atoms with Gasteiger partial charge in [0.1, 0.15) is 5.76 Å². The number of hydrogen-bond acceptors (Lipinski definition) is 5. The average molecular weight is 402 g/mol. The summed E-state index contributed by atoms with van der Waals surface area (Å²) in [5.74, 6) is 1.03. The van der Waals surface area contributed by atoms with Crippen LogP contribution in [-0.4, -0.2) is 39.4 Å². The summed E-state index contributed by atoms with van der Waals surface area (Å²) in [5, 5.41) is 0. The van der Waals surface area contributed by atoms with Gasteiger partial charge in [0, 0.05) is 7.11 Å². The highest BCUT2D eigenvalue weighted by Crippen LogP contribution is 2.54. The highest BCUT2D eigenvalue weighted by atomic mass is 31.3. The molecule has 1 atom stereocenters. The van der Waals surface area contributed by atoms with Crippen LogP contribution in [0, 0.1) is 5.41 Å². The summed E-state index contributed by atoms with van der Waals surface area (Å²) < 4.78 is 33.6. The normalized spacial score (nSPS) is 24.0. The molecule has 1 rings (SSSR count). The Morgan fingerprint density at radius 1 is 0.840 bits per heavy atom. The first-order chi connectivity index (χ1) is 10.9. The smallest absolute Gasteiger partial charge is 0.478 e. The summed E-state index contributed by atoms with van der Waals surface area (Å²) in [7, 11) is -6.59. The summed E-state index contributed by atoms with van der Waals surface area (Å²) >= 11 is 0. The molecule has 0 aromatic carbocycles. The topological polar surface area (TPSA) is 143 Å². The highest BCUT2D eigenvalue weighted by Gasteiger charge is 2.50. The second-order valence-corrected chi connectivity index (χ2v) is 8.95. The maximum atomic E-state index is 9.63. The van der Waals surface area contributed by atoms with Crippen molar-refractivity contribution in [1.29, 1.82) is 0 Å². The van der Waals surface area contributed by atoms with Crippen LogP contribution in [0.15, 0.2) is 22.5 Å². The Hall–Kier alpha value is -0.500. The summed E-state index contributed by atoms with van der Waals surface area (Å²) in [6.45, 7) is 12.9. The second kappa shape index (κ2) is 8.03. The number of methoxy groups -OCH3 is 2. The minimum Gasteiger partial charge on any atom is -0.500 e. The third kappa shape index (κ3) is 5.74. The van der Waals surface area contributed by atoms with E-state index in [0.29, 0.717) is 0 Å². The third-order valence-corrected chi connectivity index (χ3v) is 6.47. The van der Waals surface area contributed by atoms with Gasteiger partial charge in [-0.15, -0.1) is 0 Å². The number of rotatable bonds is 4. The highest BCUT2D eigenvalue weighted by molar-refractivity contribution is 7.60. The Balaban J connectivity index is 0.000000547. The Bertz CT molecular complexity index is 633. The molecule has 25 heavy (non-hydrogen) atoms. The number of allylic oxidation sites excluding steroid dienone is 2. The molecule has 4 N–H and O–H groups in total. The van der Waals surface area contributed by atoms with Crippen LogP contribution in [0.5, 0.6) is 0 Å². The molecule has 1 unspecified atom stereocenters. The molecule has 148 valence electrons. The second-order valence-electron chi connectivity index (χ2n) is 6.33. The first-order valence-corrected chi connectivity index (χ1v) is 10.3. The van der Waals surface area contributed by atoms with Crippen molar-refractivity contribution in [1.82, 2.24) is 0 Å². The Morgan fingerprint density at radius 2 is 1.24 bits per heavy atom. The first-order valence-electron chi connectivity index (χ1n) is 7.26. The standard InChI is InChI=1S/C14H24O2.H4O7P2/c1-9-10(2)12(15-7)13(4,5)14(6,16-8)11(9)3;1-8(2,3)7-9(4,5)6/h1-8H3;(H2,1,2,3)(H2,4,5,6). The Labute approximate surface area is 148 Å². The monoisotopic (exact) mass is 402 g/mol. The molecule has 11 heteroatoms. The molecule has 0 aromatic heterocycles. The van der Waals surface area contributed by atoms with Crippen molar-refractivity contribution in [2.75, 3.05) is 14.2 Å². The van der Waals surface area contributed by atoms with Gasteiger partial charge in [-0.1, -0.05) is 0 Å². The molecule has 0 aromatic rings. The van der Waals surface area contributed by atoms with Crippen LogP contribution < -0.4 is 0 Å². The molecular weight excluding hydrogens is 374 g/mol. The van der Waals surface area contributed by atoms with E-state index in [2.05, 4.69) is 45.9 Å². The molecular formula is C14H28O9P2. The molecule has 0 fully saturated rings. The van der Waals surface area contributed by atoms with Gasteiger partial charge in [0.2, 0.25) is 0 Å². The van der Waals surface area contributed by atoms with Gasteiger partial charge in [0.15, 0.2) is 0 Å². The van der Waals surface area contributed by atoms with Gasteiger partial charge in [0.25, 0.3) is 0 Å². The van der Waals surface area contributed by atoms with E-state index < -0.39 is 15.6 Å². The maximum Gasteiger partial charge on any atom is 0.478 e. The van der Waals surface area contributed by atoms with Gasteiger partial charge in [-0.25, -0.2) is 9.13 Å². The van der Waals surface area contributed by atoms with Crippen molar-refractivity contribution in [2.45, 2.75) is 47.1 Å². The van der Waals surface area contributed by atoms with E-state index in [0.717, 1.165) is 5.76 Å². The van der Waals surface area contributed by atoms with Crippen LogP contribution in [0.1, 0.15) is 41.5 Å². The molecule has 1 aliphatic rings. The lowest BCUT2D eigenvalue weighted by molar-refractivity contribution is -0.0626. The van der Waals surface area contributed by atoms with Crippen LogP contribution in [0.4, 0.5) is 0 Å². The molecule has 0 radical (unpaired) electrons. The predicted molar refractivity (Wildman–Crippen MR) is 92.5 cm³/mol. The molecule has 0 saturated carbocycles. The van der Waals surface area contributed by atoms with Gasteiger partial charge in [0.05, 0.1) is 18.1 Å². The van der Waals surface area contributed by atoms with E-state index in [-0.39, 0.29) is 11.0 Å². The lowest BCUT2D eigenvalue weighted by Crippen LogP contribution is -2.49. The maximum absolute atomic E-state index is 9.63. The zero-order chi connectivity index (χ0) is 20.4.